The molecule has 0 spiro atoms. The summed E-state index contributed by atoms with van der Waals surface area (Å²) in [5, 5.41) is 12.4. The number of phenolic OH excluding ortho intramolecular Hbond substituents is 1. The van der Waals surface area contributed by atoms with E-state index in [4.69, 9.17) is 4.74 Å². The highest BCUT2D eigenvalue weighted by molar-refractivity contribution is 6.06. The number of ether oxygens (including phenoxy) is 1. The van der Waals surface area contributed by atoms with E-state index < -0.39 is 5.91 Å². The summed E-state index contributed by atoms with van der Waals surface area (Å²) in [6.07, 6.45) is 3.24. The van der Waals surface area contributed by atoms with Crippen molar-refractivity contribution >= 4 is 11.6 Å². The molecule has 0 fully saturated rings. The molecule has 5 nitrogen and oxygen atoms in total. The highest BCUT2D eigenvalue weighted by Gasteiger charge is 2.12. The Bertz CT molecular complexity index is 611. The number of benzene rings is 1. The van der Waals surface area contributed by atoms with Gasteiger partial charge in [0.05, 0.1) is 24.6 Å². The number of aryl methyl sites for hydroxylation is 1. The normalized spacial score (nSPS) is 10.0. The van der Waals surface area contributed by atoms with Gasteiger partial charge in [-0.3, -0.25) is 9.78 Å². The number of anilines is 1. The molecule has 0 saturated carbocycles. The number of aromatic nitrogens is 1. The number of carbonyl (C=O) groups is 1. The molecule has 0 bridgehead atoms. The van der Waals surface area contributed by atoms with Crippen molar-refractivity contribution in [3.63, 3.8) is 0 Å². The van der Waals surface area contributed by atoms with Gasteiger partial charge >= 0.3 is 0 Å². The molecule has 19 heavy (non-hydrogen) atoms. The first-order valence-electron chi connectivity index (χ1n) is 5.70. The molecule has 0 radical (unpaired) electrons. The number of hydrogen-bond donors (Lipinski definition) is 2. The summed E-state index contributed by atoms with van der Waals surface area (Å²) in [5.41, 5.74) is 1.67. The lowest BCUT2D eigenvalue weighted by atomic mass is 10.1. The Morgan fingerprint density at radius 3 is 2.79 bits per heavy atom. The van der Waals surface area contributed by atoms with Crippen LogP contribution in [0, 0.1) is 6.92 Å². The fourth-order valence-electron chi connectivity index (χ4n) is 1.65. The van der Waals surface area contributed by atoms with Crippen molar-refractivity contribution in [2.75, 3.05) is 12.4 Å². The van der Waals surface area contributed by atoms with Gasteiger partial charge in [0.2, 0.25) is 0 Å². The average molecular weight is 258 g/mol. The zero-order chi connectivity index (χ0) is 13.8. The van der Waals surface area contributed by atoms with Gasteiger partial charge in [0.1, 0.15) is 11.5 Å². The number of methoxy groups -OCH3 is 1. The number of hydrogen-bond acceptors (Lipinski definition) is 4. The molecule has 1 amide bonds. The Morgan fingerprint density at radius 2 is 2.11 bits per heavy atom. The summed E-state index contributed by atoms with van der Waals surface area (Å²) in [5.74, 6) is -0.00645. The van der Waals surface area contributed by atoms with Crippen molar-refractivity contribution in [3.8, 4) is 11.5 Å². The molecule has 1 heterocycles. The Hall–Kier alpha value is -2.56. The summed E-state index contributed by atoms with van der Waals surface area (Å²) in [6, 6.07) is 6.28. The first kappa shape index (κ1) is 12.9. The maximum absolute atomic E-state index is 12.1. The van der Waals surface area contributed by atoms with Crippen LogP contribution in [0.5, 0.6) is 11.5 Å². The lowest BCUT2D eigenvalue weighted by Gasteiger charge is -2.08. The maximum Gasteiger partial charge on any atom is 0.259 e. The van der Waals surface area contributed by atoms with Gasteiger partial charge < -0.3 is 15.2 Å². The summed E-state index contributed by atoms with van der Waals surface area (Å²) < 4.78 is 5.03. The predicted octanol–water partition coefficient (Wildman–Crippen LogP) is 2.36. The number of rotatable bonds is 3. The fraction of sp³-hybridized carbons (Fsp3) is 0.143. The van der Waals surface area contributed by atoms with Gasteiger partial charge in [-0.2, -0.15) is 0 Å². The standard InChI is InChI=1S/C14H14N2O3/c1-9-5-10(8-15-7-9)16-14(18)12-6-11(19-2)3-4-13(12)17/h3-8,17H,1-2H3,(H,16,18). The predicted molar refractivity (Wildman–Crippen MR) is 71.6 cm³/mol. The van der Waals surface area contributed by atoms with E-state index in [-0.39, 0.29) is 11.3 Å². The van der Waals surface area contributed by atoms with Gasteiger partial charge in [0.15, 0.2) is 0 Å². The Labute approximate surface area is 110 Å². The molecule has 0 aliphatic carbocycles. The van der Waals surface area contributed by atoms with Crippen LogP contribution in [0.2, 0.25) is 0 Å². The number of nitrogens with one attached hydrogen (secondary N) is 1. The SMILES string of the molecule is COc1ccc(O)c(C(=O)Nc2cncc(C)c2)c1. The number of pyridine rings is 1. The highest BCUT2D eigenvalue weighted by atomic mass is 16.5. The molecule has 0 atom stereocenters. The molecule has 98 valence electrons. The van der Waals surface area contributed by atoms with E-state index in [9.17, 15) is 9.90 Å². The molecule has 2 rings (SSSR count). The summed E-state index contributed by atoms with van der Waals surface area (Å²) >= 11 is 0. The molecular formula is C14H14N2O3. The first-order chi connectivity index (χ1) is 9.10. The minimum atomic E-state index is -0.413. The van der Waals surface area contributed by atoms with E-state index in [1.807, 2.05) is 6.92 Å². The molecule has 2 N–H and O–H groups in total. The Balaban J connectivity index is 2.25. The second kappa shape index (κ2) is 5.39. The van der Waals surface area contributed by atoms with Crippen LogP contribution >= 0.6 is 0 Å². The van der Waals surface area contributed by atoms with Crippen molar-refractivity contribution in [1.82, 2.24) is 4.98 Å². The Kier molecular flexibility index (Phi) is 3.66. The lowest BCUT2D eigenvalue weighted by Crippen LogP contribution is -2.12. The zero-order valence-corrected chi connectivity index (χ0v) is 10.7. The Morgan fingerprint density at radius 1 is 1.32 bits per heavy atom. The van der Waals surface area contributed by atoms with Crippen LogP contribution in [0.25, 0.3) is 0 Å². The summed E-state index contributed by atoms with van der Waals surface area (Å²) in [7, 11) is 1.50. The number of amides is 1. The summed E-state index contributed by atoms with van der Waals surface area (Å²) in [6.45, 7) is 1.88. The molecule has 0 unspecified atom stereocenters. The molecule has 1 aromatic carbocycles. The van der Waals surface area contributed by atoms with E-state index in [2.05, 4.69) is 10.3 Å². The van der Waals surface area contributed by atoms with Gasteiger partial charge in [-0.15, -0.1) is 0 Å². The fourth-order valence-corrected chi connectivity index (χ4v) is 1.65. The van der Waals surface area contributed by atoms with Crippen molar-refractivity contribution in [3.05, 3.63) is 47.8 Å². The number of carbonyl (C=O) groups excluding carboxylic acids is 1. The first-order valence-corrected chi connectivity index (χ1v) is 5.70. The molecule has 5 heteroatoms. The zero-order valence-electron chi connectivity index (χ0n) is 10.7. The van der Waals surface area contributed by atoms with Crippen molar-refractivity contribution in [2.24, 2.45) is 0 Å². The van der Waals surface area contributed by atoms with Crippen LogP contribution in [-0.4, -0.2) is 23.1 Å². The van der Waals surface area contributed by atoms with Crippen LogP contribution in [0.1, 0.15) is 15.9 Å². The minimum absolute atomic E-state index is 0.0982. The lowest BCUT2D eigenvalue weighted by molar-refractivity contribution is 0.102. The molecule has 1 aromatic heterocycles. The van der Waals surface area contributed by atoms with Crippen LogP contribution in [0.4, 0.5) is 5.69 Å². The van der Waals surface area contributed by atoms with E-state index >= 15 is 0 Å². The van der Waals surface area contributed by atoms with Gasteiger partial charge in [-0.25, -0.2) is 0 Å². The largest absolute Gasteiger partial charge is 0.507 e. The second-order valence-corrected chi connectivity index (χ2v) is 4.09. The molecule has 0 saturated heterocycles. The van der Waals surface area contributed by atoms with Crippen molar-refractivity contribution < 1.29 is 14.6 Å². The van der Waals surface area contributed by atoms with E-state index in [1.165, 1.54) is 19.2 Å². The van der Waals surface area contributed by atoms with E-state index in [1.54, 1.807) is 24.5 Å². The highest BCUT2D eigenvalue weighted by Crippen LogP contribution is 2.23. The molecule has 0 aliphatic rings. The summed E-state index contributed by atoms with van der Waals surface area (Å²) in [4.78, 5) is 16.0. The monoisotopic (exact) mass is 258 g/mol. The van der Waals surface area contributed by atoms with E-state index in [0.717, 1.165) is 5.56 Å². The van der Waals surface area contributed by atoms with Crippen LogP contribution < -0.4 is 10.1 Å². The van der Waals surface area contributed by atoms with Crippen LogP contribution in [0.3, 0.4) is 0 Å². The number of aromatic hydroxyl groups is 1. The third-order valence-corrected chi connectivity index (χ3v) is 2.58. The van der Waals surface area contributed by atoms with Crippen molar-refractivity contribution in [1.29, 1.82) is 0 Å². The minimum Gasteiger partial charge on any atom is -0.507 e. The van der Waals surface area contributed by atoms with Crippen LogP contribution in [-0.2, 0) is 0 Å². The molecular weight excluding hydrogens is 244 g/mol. The second-order valence-electron chi connectivity index (χ2n) is 4.09. The van der Waals surface area contributed by atoms with Crippen molar-refractivity contribution in [2.45, 2.75) is 6.92 Å². The number of phenols is 1. The average Bonchev–Trinajstić information content (AvgIpc) is 2.39. The third kappa shape index (κ3) is 3.01. The topological polar surface area (TPSA) is 71.5 Å². The quantitative estimate of drug-likeness (QED) is 0.886. The number of nitrogens with zero attached hydrogens (tertiary/aromatic N) is 1. The van der Waals surface area contributed by atoms with E-state index in [0.29, 0.717) is 11.4 Å². The van der Waals surface area contributed by atoms with Crippen LogP contribution in [0.15, 0.2) is 36.7 Å². The van der Waals surface area contributed by atoms with Gasteiger partial charge in [0, 0.05) is 6.20 Å². The third-order valence-electron chi connectivity index (χ3n) is 2.58. The molecule has 2 aromatic rings. The van der Waals surface area contributed by atoms with Gasteiger partial charge in [-0.1, -0.05) is 0 Å². The smallest absolute Gasteiger partial charge is 0.259 e. The maximum atomic E-state index is 12.1. The van der Waals surface area contributed by atoms with Gasteiger partial charge in [-0.05, 0) is 36.8 Å². The van der Waals surface area contributed by atoms with Gasteiger partial charge in [0.25, 0.3) is 5.91 Å². The molecule has 0 aliphatic heterocycles.